The van der Waals surface area contributed by atoms with Crippen LogP contribution in [0.15, 0.2) is 0 Å². The molecule has 2 heteroatoms. The number of Topliss-reactive ketones (excluding diaryl/α,β-unsaturated/α-hetero) is 1. The summed E-state index contributed by atoms with van der Waals surface area (Å²) >= 11 is 0. The van der Waals surface area contributed by atoms with Gasteiger partial charge in [-0.1, -0.05) is 32.6 Å². The summed E-state index contributed by atoms with van der Waals surface area (Å²) in [4.78, 5) is 10.6. The summed E-state index contributed by atoms with van der Waals surface area (Å²) in [6, 6.07) is 0. The molecule has 0 bridgehead atoms. The van der Waals surface area contributed by atoms with E-state index >= 15 is 0 Å². The Balaban J connectivity index is 2.88. The van der Waals surface area contributed by atoms with Crippen LogP contribution in [0.5, 0.6) is 0 Å². The standard InChI is InChI=1S/C12H24O2/c1-3-4-5-6-7-10-14-11-8-9-12(2)13/h3-11H2,1-2H3. The Labute approximate surface area is 88.0 Å². The first-order valence-electron chi connectivity index (χ1n) is 5.84. The first kappa shape index (κ1) is 13.6. The molecule has 0 amide bonds. The average molecular weight is 200 g/mol. The number of unbranched alkanes of at least 4 members (excludes halogenated alkanes) is 4. The topological polar surface area (TPSA) is 26.3 Å². The molecule has 84 valence electrons. The number of hydrogen-bond donors (Lipinski definition) is 0. The van der Waals surface area contributed by atoms with Crippen LogP contribution >= 0.6 is 0 Å². The Morgan fingerprint density at radius 3 is 2.29 bits per heavy atom. The van der Waals surface area contributed by atoms with Crippen molar-refractivity contribution < 1.29 is 9.53 Å². The number of rotatable bonds is 10. The molecule has 0 atom stereocenters. The predicted octanol–water partition coefficient (Wildman–Crippen LogP) is 3.34. The number of carbonyl (C=O) groups is 1. The molecule has 0 saturated carbocycles. The summed E-state index contributed by atoms with van der Waals surface area (Å²) < 4.78 is 5.41. The molecule has 0 heterocycles. The Bertz CT molecular complexity index is 132. The van der Waals surface area contributed by atoms with Crippen molar-refractivity contribution in [2.45, 2.75) is 58.8 Å². The second-order valence-corrected chi connectivity index (χ2v) is 3.83. The summed E-state index contributed by atoms with van der Waals surface area (Å²) in [5.41, 5.74) is 0. The molecule has 0 aromatic rings. The van der Waals surface area contributed by atoms with Gasteiger partial charge in [-0.25, -0.2) is 0 Å². The van der Waals surface area contributed by atoms with Crippen LogP contribution in [0, 0.1) is 0 Å². The highest BCUT2D eigenvalue weighted by molar-refractivity contribution is 5.75. The van der Waals surface area contributed by atoms with E-state index in [-0.39, 0.29) is 5.78 Å². The lowest BCUT2D eigenvalue weighted by molar-refractivity contribution is -0.117. The van der Waals surface area contributed by atoms with Crippen LogP contribution in [0.4, 0.5) is 0 Å². The third-order valence-corrected chi connectivity index (χ3v) is 2.21. The maximum absolute atomic E-state index is 10.6. The summed E-state index contributed by atoms with van der Waals surface area (Å²) in [5, 5.41) is 0. The van der Waals surface area contributed by atoms with Gasteiger partial charge in [0.1, 0.15) is 5.78 Å². The van der Waals surface area contributed by atoms with Crippen LogP contribution in [0.2, 0.25) is 0 Å². The zero-order valence-electron chi connectivity index (χ0n) is 9.68. The number of ether oxygens (including phenoxy) is 1. The molecule has 0 aromatic carbocycles. The lowest BCUT2D eigenvalue weighted by Gasteiger charge is -2.02. The largest absolute Gasteiger partial charge is 0.381 e. The first-order valence-corrected chi connectivity index (χ1v) is 5.84. The van der Waals surface area contributed by atoms with Gasteiger partial charge in [0.15, 0.2) is 0 Å². The van der Waals surface area contributed by atoms with Crippen molar-refractivity contribution in [3.05, 3.63) is 0 Å². The predicted molar refractivity (Wildman–Crippen MR) is 59.5 cm³/mol. The molecule has 0 aromatic heterocycles. The van der Waals surface area contributed by atoms with E-state index in [9.17, 15) is 4.79 Å². The smallest absolute Gasteiger partial charge is 0.129 e. The molecule has 0 aliphatic carbocycles. The summed E-state index contributed by atoms with van der Waals surface area (Å²) in [5.74, 6) is 0.261. The highest BCUT2D eigenvalue weighted by Crippen LogP contribution is 2.02. The third-order valence-electron chi connectivity index (χ3n) is 2.21. The van der Waals surface area contributed by atoms with Crippen molar-refractivity contribution in [2.75, 3.05) is 13.2 Å². The zero-order chi connectivity index (χ0) is 10.6. The average Bonchev–Trinajstić information content (AvgIpc) is 2.15. The van der Waals surface area contributed by atoms with Crippen molar-refractivity contribution in [3.63, 3.8) is 0 Å². The van der Waals surface area contributed by atoms with Gasteiger partial charge in [0, 0.05) is 19.6 Å². The van der Waals surface area contributed by atoms with Crippen LogP contribution in [0.1, 0.15) is 58.8 Å². The van der Waals surface area contributed by atoms with Gasteiger partial charge in [-0.05, 0) is 19.8 Å². The highest BCUT2D eigenvalue weighted by atomic mass is 16.5. The quantitative estimate of drug-likeness (QED) is 0.505. The lowest BCUT2D eigenvalue weighted by Crippen LogP contribution is -1.99. The number of hydrogen-bond acceptors (Lipinski definition) is 2. The minimum Gasteiger partial charge on any atom is -0.381 e. The molecule has 0 radical (unpaired) electrons. The van der Waals surface area contributed by atoms with E-state index in [1.807, 2.05) is 0 Å². The SMILES string of the molecule is CCCCCCCOCCCC(C)=O. The summed E-state index contributed by atoms with van der Waals surface area (Å²) in [7, 11) is 0. The van der Waals surface area contributed by atoms with Gasteiger partial charge in [0.2, 0.25) is 0 Å². The first-order chi connectivity index (χ1) is 6.77. The van der Waals surface area contributed by atoms with Crippen molar-refractivity contribution in [1.82, 2.24) is 0 Å². The molecule has 0 aliphatic rings. The van der Waals surface area contributed by atoms with Crippen LogP contribution in [-0.2, 0) is 9.53 Å². The lowest BCUT2D eigenvalue weighted by atomic mass is 10.2. The Morgan fingerprint density at radius 2 is 1.64 bits per heavy atom. The number of carbonyl (C=O) groups excluding carboxylic acids is 1. The monoisotopic (exact) mass is 200 g/mol. The Morgan fingerprint density at radius 1 is 1.00 bits per heavy atom. The van der Waals surface area contributed by atoms with Crippen molar-refractivity contribution in [2.24, 2.45) is 0 Å². The van der Waals surface area contributed by atoms with Crippen molar-refractivity contribution in [1.29, 1.82) is 0 Å². The van der Waals surface area contributed by atoms with E-state index in [0.29, 0.717) is 6.42 Å². The van der Waals surface area contributed by atoms with Gasteiger partial charge in [-0.3, -0.25) is 0 Å². The molecule has 0 rings (SSSR count). The van der Waals surface area contributed by atoms with Crippen LogP contribution in [-0.4, -0.2) is 19.0 Å². The fourth-order valence-electron chi connectivity index (χ4n) is 1.33. The third kappa shape index (κ3) is 11.6. The minimum atomic E-state index is 0.261. The molecule has 0 aliphatic heterocycles. The molecule has 0 unspecified atom stereocenters. The zero-order valence-corrected chi connectivity index (χ0v) is 9.68. The molecule has 0 N–H and O–H groups in total. The van der Waals surface area contributed by atoms with E-state index in [0.717, 1.165) is 19.6 Å². The van der Waals surface area contributed by atoms with Crippen LogP contribution in [0.25, 0.3) is 0 Å². The Hall–Kier alpha value is -0.370. The second-order valence-electron chi connectivity index (χ2n) is 3.83. The maximum atomic E-state index is 10.6. The van der Waals surface area contributed by atoms with E-state index in [1.54, 1.807) is 6.92 Å². The highest BCUT2D eigenvalue weighted by Gasteiger charge is 1.93. The second kappa shape index (κ2) is 10.7. The van der Waals surface area contributed by atoms with Gasteiger partial charge in [-0.2, -0.15) is 0 Å². The van der Waals surface area contributed by atoms with E-state index in [2.05, 4.69) is 6.92 Å². The summed E-state index contributed by atoms with van der Waals surface area (Å²) in [6.45, 7) is 5.46. The fraction of sp³-hybridized carbons (Fsp3) is 0.917. The van der Waals surface area contributed by atoms with Crippen molar-refractivity contribution in [3.8, 4) is 0 Å². The van der Waals surface area contributed by atoms with Gasteiger partial charge in [-0.15, -0.1) is 0 Å². The molecular weight excluding hydrogens is 176 g/mol. The van der Waals surface area contributed by atoms with Gasteiger partial charge >= 0.3 is 0 Å². The molecule has 2 nitrogen and oxygen atoms in total. The molecule has 0 spiro atoms. The molecule has 14 heavy (non-hydrogen) atoms. The van der Waals surface area contributed by atoms with Crippen molar-refractivity contribution >= 4 is 5.78 Å². The van der Waals surface area contributed by atoms with Crippen LogP contribution in [0.3, 0.4) is 0 Å². The van der Waals surface area contributed by atoms with E-state index in [1.165, 1.54) is 32.1 Å². The number of ketones is 1. The van der Waals surface area contributed by atoms with Gasteiger partial charge in [0.05, 0.1) is 0 Å². The Kier molecular flexibility index (Phi) is 10.4. The molecule has 0 fully saturated rings. The van der Waals surface area contributed by atoms with E-state index < -0.39 is 0 Å². The van der Waals surface area contributed by atoms with Crippen LogP contribution < -0.4 is 0 Å². The minimum absolute atomic E-state index is 0.261. The fourth-order valence-corrected chi connectivity index (χ4v) is 1.33. The summed E-state index contributed by atoms with van der Waals surface area (Å²) in [6.07, 6.45) is 7.94. The van der Waals surface area contributed by atoms with Gasteiger partial charge < -0.3 is 9.53 Å². The van der Waals surface area contributed by atoms with Gasteiger partial charge in [0.25, 0.3) is 0 Å². The molecule has 0 saturated heterocycles. The normalized spacial score (nSPS) is 10.4. The maximum Gasteiger partial charge on any atom is 0.129 e. The molecular formula is C12H24O2. The van der Waals surface area contributed by atoms with E-state index in [4.69, 9.17) is 4.74 Å².